The summed E-state index contributed by atoms with van der Waals surface area (Å²) in [6, 6.07) is 8.56. The van der Waals surface area contributed by atoms with Crippen LogP contribution >= 0.6 is 0 Å². The van der Waals surface area contributed by atoms with Gasteiger partial charge in [-0.3, -0.25) is 9.69 Å². The van der Waals surface area contributed by atoms with E-state index in [-0.39, 0.29) is 11.9 Å². The Morgan fingerprint density at radius 1 is 1.31 bits per heavy atom. The van der Waals surface area contributed by atoms with Gasteiger partial charge in [-0.05, 0) is 62.8 Å². The Kier molecular flexibility index (Phi) is 4.49. The molecule has 3 aliphatic rings. The van der Waals surface area contributed by atoms with Gasteiger partial charge in [-0.15, -0.1) is 0 Å². The van der Waals surface area contributed by atoms with E-state index in [1.54, 1.807) is 0 Å². The van der Waals surface area contributed by atoms with Gasteiger partial charge in [-0.1, -0.05) is 6.07 Å². The van der Waals surface area contributed by atoms with E-state index >= 15 is 0 Å². The van der Waals surface area contributed by atoms with Crippen molar-refractivity contribution in [2.24, 2.45) is 5.92 Å². The van der Waals surface area contributed by atoms with Crippen molar-refractivity contribution in [3.05, 3.63) is 23.8 Å². The SMILES string of the molecule is C[C@](C#N)(NC(=O)CN1CCC[C@@H]1c1ccc2c(c1)OCCO2)C1CC1. The lowest BCUT2D eigenvalue weighted by Gasteiger charge is -2.28. The van der Waals surface area contributed by atoms with Crippen LogP contribution < -0.4 is 14.8 Å². The Labute approximate surface area is 154 Å². The van der Waals surface area contributed by atoms with Gasteiger partial charge in [0.05, 0.1) is 12.6 Å². The van der Waals surface area contributed by atoms with Crippen LogP contribution in [0.15, 0.2) is 18.2 Å². The predicted octanol–water partition coefficient (Wildman–Crippen LogP) is 2.40. The van der Waals surface area contributed by atoms with Gasteiger partial charge in [0.15, 0.2) is 11.5 Å². The van der Waals surface area contributed by atoms with Gasteiger partial charge in [0.2, 0.25) is 5.91 Å². The predicted molar refractivity (Wildman–Crippen MR) is 95.9 cm³/mol. The number of benzene rings is 1. The maximum Gasteiger partial charge on any atom is 0.235 e. The van der Waals surface area contributed by atoms with E-state index in [1.165, 1.54) is 0 Å². The summed E-state index contributed by atoms with van der Waals surface area (Å²) in [5.74, 6) is 1.81. The molecule has 4 rings (SSSR count). The molecule has 2 atom stereocenters. The summed E-state index contributed by atoms with van der Waals surface area (Å²) < 4.78 is 11.3. The molecule has 1 saturated carbocycles. The lowest BCUT2D eigenvalue weighted by atomic mass is 9.98. The normalized spacial score (nSPS) is 24.5. The molecule has 1 amide bonds. The maximum atomic E-state index is 12.6. The molecule has 2 heterocycles. The summed E-state index contributed by atoms with van der Waals surface area (Å²) in [6.45, 7) is 4.20. The third-order valence-electron chi connectivity index (χ3n) is 5.69. The summed E-state index contributed by atoms with van der Waals surface area (Å²) in [7, 11) is 0. The summed E-state index contributed by atoms with van der Waals surface area (Å²) in [5, 5.41) is 12.4. The van der Waals surface area contributed by atoms with E-state index < -0.39 is 5.54 Å². The van der Waals surface area contributed by atoms with Gasteiger partial charge >= 0.3 is 0 Å². The van der Waals surface area contributed by atoms with Crippen molar-refractivity contribution in [3.63, 3.8) is 0 Å². The Morgan fingerprint density at radius 2 is 2.08 bits per heavy atom. The minimum atomic E-state index is -0.733. The number of nitrogens with one attached hydrogen (secondary N) is 1. The highest BCUT2D eigenvalue weighted by molar-refractivity contribution is 5.79. The fraction of sp³-hybridized carbons (Fsp3) is 0.600. The second-order valence-electron chi connectivity index (χ2n) is 7.67. The van der Waals surface area contributed by atoms with Crippen molar-refractivity contribution >= 4 is 5.91 Å². The number of hydrogen-bond acceptors (Lipinski definition) is 5. The van der Waals surface area contributed by atoms with Gasteiger partial charge in [0, 0.05) is 6.04 Å². The van der Waals surface area contributed by atoms with Crippen molar-refractivity contribution in [2.75, 3.05) is 26.3 Å². The van der Waals surface area contributed by atoms with Crippen molar-refractivity contribution < 1.29 is 14.3 Å². The lowest BCUT2D eigenvalue weighted by molar-refractivity contribution is -0.123. The Balaban J connectivity index is 1.43. The van der Waals surface area contributed by atoms with Crippen LogP contribution in [0.1, 0.15) is 44.2 Å². The third kappa shape index (κ3) is 3.36. The molecule has 1 aromatic carbocycles. The van der Waals surface area contributed by atoms with Crippen LogP contribution in [0.3, 0.4) is 0 Å². The molecule has 1 saturated heterocycles. The van der Waals surface area contributed by atoms with Gasteiger partial charge in [-0.25, -0.2) is 0 Å². The van der Waals surface area contributed by atoms with Crippen LogP contribution in [0, 0.1) is 17.2 Å². The number of rotatable bonds is 5. The molecule has 6 nitrogen and oxygen atoms in total. The van der Waals surface area contributed by atoms with Crippen molar-refractivity contribution in [2.45, 2.75) is 44.2 Å². The van der Waals surface area contributed by atoms with Gasteiger partial charge in [-0.2, -0.15) is 5.26 Å². The molecule has 0 unspecified atom stereocenters. The average Bonchev–Trinajstić information content (AvgIpc) is 3.42. The van der Waals surface area contributed by atoms with E-state index in [2.05, 4.69) is 22.4 Å². The molecule has 0 bridgehead atoms. The number of ether oxygens (including phenoxy) is 2. The van der Waals surface area contributed by atoms with Crippen LogP contribution in [0.2, 0.25) is 0 Å². The highest BCUT2D eigenvalue weighted by Crippen LogP contribution is 2.40. The largest absolute Gasteiger partial charge is 0.486 e. The van der Waals surface area contributed by atoms with E-state index in [0.29, 0.717) is 25.7 Å². The number of amides is 1. The molecule has 1 N–H and O–H groups in total. The first kappa shape index (κ1) is 17.2. The summed E-state index contributed by atoms with van der Waals surface area (Å²) in [4.78, 5) is 14.8. The minimum Gasteiger partial charge on any atom is -0.486 e. The topological polar surface area (TPSA) is 74.6 Å². The molecule has 1 aliphatic carbocycles. The first-order chi connectivity index (χ1) is 12.6. The number of likely N-dealkylation sites (tertiary alicyclic amines) is 1. The van der Waals surface area contributed by atoms with E-state index in [9.17, 15) is 10.1 Å². The Hall–Kier alpha value is -2.26. The molecule has 0 radical (unpaired) electrons. The molecule has 1 aromatic rings. The van der Waals surface area contributed by atoms with Gasteiger partial charge in [0.1, 0.15) is 18.8 Å². The van der Waals surface area contributed by atoms with E-state index in [0.717, 1.165) is 49.3 Å². The first-order valence-corrected chi connectivity index (χ1v) is 9.45. The highest BCUT2D eigenvalue weighted by atomic mass is 16.6. The number of nitrogens with zero attached hydrogens (tertiary/aromatic N) is 2. The van der Waals surface area contributed by atoms with Gasteiger partial charge < -0.3 is 14.8 Å². The van der Waals surface area contributed by atoms with Crippen LogP contribution in [-0.4, -0.2) is 42.6 Å². The third-order valence-corrected chi connectivity index (χ3v) is 5.69. The summed E-state index contributed by atoms with van der Waals surface area (Å²) in [5.41, 5.74) is 0.424. The van der Waals surface area contributed by atoms with Gasteiger partial charge in [0.25, 0.3) is 0 Å². The smallest absolute Gasteiger partial charge is 0.235 e. The zero-order chi connectivity index (χ0) is 18.1. The first-order valence-electron chi connectivity index (χ1n) is 9.45. The summed E-state index contributed by atoms with van der Waals surface area (Å²) >= 11 is 0. The van der Waals surface area contributed by atoms with Crippen LogP contribution in [0.5, 0.6) is 11.5 Å². The minimum absolute atomic E-state index is 0.0645. The van der Waals surface area contributed by atoms with Crippen LogP contribution in [-0.2, 0) is 4.79 Å². The highest BCUT2D eigenvalue weighted by Gasteiger charge is 2.43. The maximum absolute atomic E-state index is 12.6. The Bertz CT molecular complexity index is 740. The molecule has 2 fully saturated rings. The quantitative estimate of drug-likeness (QED) is 0.878. The molecule has 0 aromatic heterocycles. The average molecular weight is 355 g/mol. The van der Waals surface area contributed by atoms with Crippen LogP contribution in [0.4, 0.5) is 0 Å². The second-order valence-corrected chi connectivity index (χ2v) is 7.67. The van der Waals surface area contributed by atoms with Crippen molar-refractivity contribution in [3.8, 4) is 17.6 Å². The number of carbonyl (C=O) groups excluding carboxylic acids is 1. The zero-order valence-electron chi connectivity index (χ0n) is 15.2. The van der Waals surface area contributed by atoms with E-state index in [4.69, 9.17) is 9.47 Å². The molecule has 2 aliphatic heterocycles. The number of fused-ring (bicyclic) bond motifs is 1. The fourth-order valence-corrected chi connectivity index (χ4v) is 4.06. The van der Waals surface area contributed by atoms with Crippen molar-refractivity contribution in [1.29, 1.82) is 5.26 Å². The number of hydrogen-bond donors (Lipinski definition) is 1. The van der Waals surface area contributed by atoms with Crippen molar-refractivity contribution in [1.82, 2.24) is 10.2 Å². The zero-order valence-corrected chi connectivity index (χ0v) is 15.2. The fourth-order valence-electron chi connectivity index (χ4n) is 4.06. The molecular formula is C20H25N3O3. The Morgan fingerprint density at radius 3 is 2.81 bits per heavy atom. The monoisotopic (exact) mass is 355 g/mol. The molecular weight excluding hydrogens is 330 g/mol. The summed E-state index contributed by atoms with van der Waals surface area (Å²) in [6.07, 6.45) is 4.12. The molecule has 138 valence electrons. The standard InChI is InChI=1S/C20H25N3O3/c1-20(13-21,15-5-6-15)22-19(24)12-23-8-2-3-16(23)14-4-7-17-18(11-14)26-10-9-25-17/h4,7,11,15-16H,2-3,5-6,8-10,12H2,1H3,(H,22,24)/t16-,20-/m1/s1. The lowest BCUT2D eigenvalue weighted by Crippen LogP contribution is -2.50. The number of nitriles is 1. The second kappa shape index (κ2) is 6.81. The van der Waals surface area contributed by atoms with E-state index in [1.807, 2.05) is 19.1 Å². The van der Waals surface area contributed by atoms with Crippen LogP contribution in [0.25, 0.3) is 0 Å². The molecule has 26 heavy (non-hydrogen) atoms. The number of carbonyl (C=O) groups is 1. The molecule has 6 heteroatoms. The molecule has 0 spiro atoms.